The Morgan fingerprint density at radius 2 is 1.45 bits per heavy atom. The number of rotatable bonds is 7. The van der Waals surface area contributed by atoms with Crippen molar-refractivity contribution in [3.05, 3.63) is 65.2 Å². The minimum atomic E-state index is -3.64. The maximum atomic E-state index is 12.0. The van der Waals surface area contributed by atoms with Gasteiger partial charge in [0.05, 0.1) is 12.8 Å². The van der Waals surface area contributed by atoms with E-state index < -0.39 is 7.60 Å². The molecule has 0 aromatic heterocycles. The maximum Gasteiger partial charge on any atom is 0.332 e. The van der Waals surface area contributed by atoms with E-state index in [1.807, 2.05) is 62.4 Å². The van der Waals surface area contributed by atoms with E-state index in [1.165, 1.54) is 0 Å². The van der Waals surface area contributed by atoms with Crippen molar-refractivity contribution in [2.45, 2.75) is 20.0 Å². The number of hydrogen-bond donors (Lipinski definition) is 1. The lowest BCUT2D eigenvalue weighted by Gasteiger charge is -2.13. The van der Waals surface area contributed by atoms with Crippen molar-refractivity contribution >= 4 is 7.60 Å². The molecule has 1 atom stereocenters. The van der Waals surface area contributed by atoms with Crippen LogP contribution in [0.4, 0.5) is 0 Å². The summed E-state index contributed by atoms with van der Waals surface area (Å²) >= 11 is 0. The lowest BCUT2D eigenvalue weighted by Crippen LogP contribution is -2.06. The first-order valence-corrected chi connectivity index (χ1v) is 8.92. The van der Waals surface area contributed by atoms with Gasteiger partial charge in [-0.2, -0.15) is 0 Å². The fourth-order valence-electron chi connectivity index (χ4n) is 1.94. The van der Waals surface area contributed by atoms with Gasteiger partial charge in [0.25, 0.3) is 0 Å². The fraction of sp³-hybridized carbons (Fsp3) is 0.294. The molecule has 118 valence electrons. The first-order chi connectivity index (χ1) is 10.4. The lowest BCUT2D eigenvalue weighted by molar-refractivity contribution is 0.195. The molecule has 1 unspecified atom stereocenters. The molecule has 0 aliphatic heterocycles. The van der Waals surface area contributed by atoms with E-state index in [4.69, 9.17) is 9.26 Å². The normalized spacial score (nSPS) is 13.6. The average molecular weight is 320 g/mol. The number of aryl methyl sites for hydroxylation is 2. The van der Waals surface area contributed by atoms with Crippen LogP contribution in [-0.4, -0.2) is 18.1 Å². The standard InChI is InChI=1S/C17H21O4P/c1-14-3-7-16(8-4-14)13-22(18,19)21-12-11-20-17-9-5-15(2)6-10-17/h3-10H,11-13H2,1-2H3,(H,18,19). The summed E-state index contributed by atoms with van der Waals surface area (Å²) in [5, 5.41) is 0. The molecule has 0 amide bonds. The van der Waals surface area contributed by atoms with Gasteiger partial charge < -0.3 is 14.2 Å². The summed E-state index contributed by atoms with van der Waals surface area (Å²) in [6, 6.07) is 15.1. The minimum Gasteiger partial charge on any atom is -0.491 e. The van der Waals surface area contributed by atoms with Crippen LogP contribution in [-0.2, 0) is 15.3 Å². The highest BCUT2D eigenvalue weighted by atomic mass is 31.2. The Hall–Kier alpha value is -1.61. The van der Waals surface area contributed by atoms with Crippen LogP contribution in [0.15, 0.2) is 48.5 Å². The quantitative estimate of drug-likeness (QED) is 0.617. The molecule has 0 heterocycles. The summed E-state index contributed by atoms with van der Waals surface area (Å²) in [6.07, 6.45) is 0.0117. The number of ether oxygens (including phenoxy) is 1. The van der Waals surface area contributed by atoms with E-state index >= 15 is 0 Å². The van der Waals surface area contributed by atoms with Gasteiger partial charge in [0.15, 0.2) is 0 Å². The Balaban J connectivity index is 1.76. The molecule has 0 aliphatic rings. The fourth-order valence-corrected chi connectivity index (χ4v) is 3.07. The van der Waals surface area contributed by atoms with Crippen LogP contribution in [0.2, 0.25) is 0 Å². The van der Waals surface area contributed by atoms with E-state index in [2.05, 4.69) is 0 Å². The van der Waals surface area contributed by atoms with Gasteiger partial charge in [-0.1, -0.05) is 47.5 Å². The van der Waals surface area contributed by atoms with Gasteiger partial charge in [0.2, 0.25) is 0 Å². The third-order valence-electron chi connectivity index (χ3n) is 3.17. The molecule has 0 saturated carbocycles. The zero-order valence-corrected chi connectivity index (χ0v) is 13.8. The Morgan fingerprint density at radius 1 is 0.909 bits per heavy atom. The van der Waals surface area contributed by atoms with Crippen LogP contribution in [0.1, 0.15) is 16.7 Å². The highest BCUT2D eigenvalue weighted by Crippen LogP contribution is 2.45. The number of hydrogen-bond acceptors (Lipinski definition) is 3. The van der Waals surface area contributed by atoms with Gasteiger partial charge in [0, 0.05) is 0 Å². The zero-order chi connectivity index (χ0) is 16.0. The van der Waals surface area contributed by atoms with Gasteiger partial charge in [-0.05, 0) is 31.5 Å². The molecular weight excluding hydrogens is 299 g/mol. The number of benzene rings is 2. The van der Waals surface area contributed by atoms with Crippen LogP contribution in [0.5, 0.6) is 5.75 Å². The highest BCUT2D eigenvalue weighted by molar-refractivity contribution is 7.51. The molecule has 1 N–H and O–H groups in total. The third-order valence-corrected chi connectivity index (χ3v) is 4.52. The van der Waals surface area contributed by atoms with E-state index in [-0.39, 0.29) is 19.4 Å². The summed E-state index contributed by atoms with van der Waals surface area (Å²) in [6.45, 7) is 4.29. The second-order valence-corrected chi connectivity index (χ2v) is 7.13. The first-order valence-electron chi connectivity index (χ1n) is 7.16. The lowest BCUT2D eigenvalue weighted by atomic mass is 10.2. The Kier molecular flexibility index (Phi) is 5.78. The largest absolute Gasteiger partial charge is 0.491 e. The van der Waals surface area contributed by atoms with Crippen molar-refractivity contribution in [1.29, 1.82) is 0 Å². The van der Waals surface area contributed by atoms with E-state index in [9.17, 15) is 9.46 Å². The Morgan fingerprint density at radius 3 is 2.05 bits per heavy atom. The minimum absolute atomic E-state index is 0.0117. The first kappa shape index (κ1) is 16.8. The molecule has 2 aromatic rings. The average Bonchev–Trinajstić information content (AvgIpc) is 2.48. The molecule has 0 fully saturated rings. The maximum absolute atomic E-state index is 12.0. The van der Waals surface area contributed by atoms with Gasteiger partial charge in [-0.25, -0.2) is 0 Å². The Labute approximate surface area is 131 Å². The van der Waals surface area contributed by atoms with E-state index in [1.54, 1.807) is 0 Å². The van der Waals surface area contributed by atoms with Crippen LogP contribution < -0.4 is 4.74 Å². The molecule has 2 rings (SSSR count). The van der Waals surface area contributed by atoms with Gasteiger partial charge in [-0.15, -0.1) is 0 Å². The molecule has 0 aliphatic carbocycles. The summed E-state index contributed by atoms with van der Waals surface area (Å²) < 4.78 is 22.6. The van der Waals surface area contributed by atoms with Gasteiger partial charge in [0.1, 0.15) is 12.4 Å². The summed E-state index contributed by atoms with van der Waals surface area (Å²) in [5.41, 5.74) is 3.06. The molecule has 4 nitrogen and oxygen atoms in total. The summed E-state index contributed by atoms with van der Waals surface area (Å²) in [7, 11) is -3.64. The van der Waals surface area contributed by atoms with Crippen molar-refractivity contribution in [1.82, 2.24) is 0 Å². The molecule has 22 heavy (non-hydrogen) atoms. The van der Waals surface area contributed by atoms with Crippen molar-refractivity contribution in [2.75, 3.05) is 13.2 Å². The van der Waals surface area contributed by atoms with Crippen molar-refractivity contribution in [3.8, 4) is 5.75 Å². The summed E-state index contributed by atoms with van der Waals surface area (Å²) in [5.74, 6) is 0.723. The van der Waals surface area contributed by atoms with Gasteiger partial charge >= 0.3 is 7.60 Å². The van der Waals surface area contributed by atoms with Crippen molar-refractivity contribution in [2.24, 2.45) is 0 Å². The van der Waals surface area contributed by atoms with Crippen molar-refractivity contribution < 1.29 is 18.7 Å². The van der Waals surface area contributed by atoms with Crippen molar-refractivity contribution in [3.63, 3.8) is 0 Å². The van der Waals surface area contributed by atoms with Gasteiger partial charge in [-0.3, -0.25) is 4.57 Å². The summed E-state index contributed by atoms with van der Waals surface area (Å²) in [4.78, 5) is 9.85. The van der Waals surface area contributed by atoms with Crippen LogP contribution in [0, 0.1) is 13.8 Å². The predicted molar refractivity (Wildman–Crippen MR) is 87.3 cm³/mol. The van der Waals surface area contributed by atoms with Crippen LogP contribution in [0.3, 0.4) is 0 Å². The monoisotopic (exact) mass is 320 g/mol. The second kappa shape index (κ2) is 7.59. The highest BCUT2D eigenvalue weighted by Gasteiger charge is 2.19. The topological polar surface area (TPSA) is 55.8 Å². The molecule has 0 spiro atoms. The third kappa shape index (κ3) is 5.64. The van der Waals surface area contributed by atoms with Crippen LogP contribution >= 0.6 is 7.60 Å². The smallest absolute Gasteiger partial charge is 0.332 e. The molecule has 0 saturated heterocycles. The molecular formula is C17H21O4P. The molecule has 2 aromatic carbocycles. The van der Waals surface area contributed by atoms with E-state index in [0.717, 1.165) is 22.4 Å². The van der Waals surface area contributed by atoms with E-state index in [0.29, 0.717) is 0 Å². The predicted octanol–water partition coefficient (Wildman–Crippen LogP) is 4.08. The zero-order valence-electron chi connectivity index (χ0n) is 12.9. The van der Waals surface area contributed by atoms with Crippen LogP contribution in [0.25, 0.3) is 0 Å². The molecule has 0 bridgehead atoms. The SMILES string of the molecule is Cc1ccc(CP(=O)(O)OCCOc2ccc(C)cc2)cc1. The molecule has 0 radical (unpaired) electrons. The molecule has 5 heteroatoms. The second-order valence-electron chi connectivity index (χ2n) is 5.28. The Bertz CT molecular complexity index is 635.